The largest absolute Gasteiger partial charge is 0.335 e. The third kappa shape index (κ3) is 3.65. The van der Waals surface area contributed by atoms with Crippen LogP contribution in [0.2, 0.25) is 0 Å². The highest BCUT2D eigenvalue weighted by atomic mass is 16.1. The highest BCUT2D eigenvalue weighted by Gasteiger charge is 2.21. The van der Waals surface area contributed by atoms with Crippen molar-refractivity contribution in [3.8, 4) is 0 Å². The number of rotatable bonds is 5. The molecule has 0 unspecified atom stereocenters. The third-order valence-corrected chi connectivity index (χ3v) is 3.90. The molecule has 1 atom stereocenters. The molecule has 0 radical (unpaired) electrons. The molecule has 0 aliphatic rings. The molecule has 0 saturated heterocycles. The summed E-state index contributed by atoms with van der Waals surface area (Å²) in [7, 11) is 0. The van der Waals surface area contributed by atoms with Crippen LogP contribution in [0.15, 0.2) is 48.5 Å². The smallest absolute Gasteiger partial charge is 0.232 e. The normalized spacial score (nSPS) is 11.9. The number of amides is 1. The Labute approximate surface area is 140 Å². The second-order valence-electron chi connectivity index (χ2n) is 5.79. The molecule has 1 N–H and O–H groups in total. The summed E-state index contributed by atoms with van der Waals surface area (Å²) in [5, 5.41) is 17.8. The Morgan fingerprint density at radius 1 is 1.17 bits per heavy atom. The SMILES string of the molecule is Cc1ccc(C)c(NC(=O)[C@@H](Cc2ccccc2)c2nnn[n-]2)c1. The number of carbonyl (C=O) groups is 1. The van der Waals surface area contributed by atoms with Gasteiger partial charge in [-0.05, 0) is 43.0 Å². The topological polar surface area (TPSA) is 81.9 Å². The number of tetrazole rings is 1. The molecule has 2 aromatic carbocycles. The summed E-state index contributed by atoms with van der Waals surface area (Å²) in [6, 6.07) is 15.7. The summed E-state index contributed by atoms with van der Waals surface area (Å²) in [5.74, 6) is -0.369. The highest BCUT2D eigenvalue weighted by molar-refractivity contribution is 5.96. The Bertz CT molecular complexity index is 815. The Kier molecular flexibility index (Phi) is 4.65. The Morgan fingerprint density at radius 2 is 1.96 bits per heavy atom. The summed E-state index contributed by atoms with van der Waals surface area (Å²) in [4.78, 5) is 12.8. The second-order valence-corrected chi connectivity index (χ2v) is 5.79. The number of aryl methyl sites for hydroxylation is 2. The first-order valence-electron chi connectivity index (χ1n) is 7.74. The van der Waals surface area contributed by atoms with Crippen molar-refractivity contribution in [3.63, 3.8) is 0 Å². The quantitative estimate of drug-likeness (QED) is 0.780. The summed E-state index contributed by atoms with van der Waals surface area (Å²) < 4.78 is 0. The van der Waals surface area contributed by atoms with Crippen LogP contribution in [0, 0.1) is 13.8 Å². The van der Waals surface area contributed by atoms with E-state index in [1.54, 1.807) is 0 Å². The number of benzene rings is 2. The lowest BCUT2D eigenvalue weighted by Crippen LogP contribution is -2.25. The maximum atomic E-state index is 12.8. The van der Waals surface area contributed by atoms with Crippen LogP contribution in [0.25, 0.3) is 0 Å². The van der Waals surface area contributed by atoms with Crippen molar-refractivity contribution < 1.29 is 4.79 Å². The molecule has 6 heteroatoms. The van der Waals surface area contributed by atoms with Gasteiger partial charge in [-0.1, -0.05) is 42.5 Å². The van der Waals surface area contributed by atoms with E-state index in [0.717, 1.165) is 22.4 Å². The van der Waals surface area contributed by atoms with Crippen molar-refractivity contribution in [1.82, 2.24) is 20.6 Å². The zero-order valence-electron chi connectivity index (χ0n) is 13.6. The predicted octanol–water partition coefficient (Wildman–Crippen LogP) is 2.41. The monoisotopic (exact) mass is 320 g/mol. The number of nitrogens with one attached hydrogen (secondary N) is 1. The van der Waals surface area contributed by atoms with Crippen molar-refractivity contribution in [2.75, 3.05) is 5.32 Å². The molecule has 0 aliphatic carbocycles. The van der Waals surface area contributed by atoms with E-state index in [1.165, 1.54) is 0 Å². The zero-order valence-corrected chi connectivity index (χ0v) is 13.6. The maximum Gasteiger partial charge on any atom is 0.232 e. The van der Waals surface area contributed by atoms with Gasteiger partial charge in [-0.15, -0.1) is 0 Å². The number of hydrogen-bond acceptors (Lipinski definition) is 4. The average molecular weight is 320 g/mol. The summed E-state index contributed by atoms with van der Waals surface area (Å²) in [6.45, 7) is 3.95. The molecule has 0 spiro atoms. The van der Waals surface area contributed by atoms with Crippen LogP contribution < -0.4 is 10.4 Å². The molecular weight excluding hydrogens is 302 g/mol. The van der Waals surface area contributed by atoms with E-state index in [4.69, 9.17) is 0 Å². The molecule has 1 heterocycles. The van der Waals surface area contributed by atoms with Gasteiger partial charge in [0.05, 0.1) is 5.92 Å². The van der Waals surface area contributed by atoms with Crippen molar-refractivity contribution in [3.05, 3.63) is 71.0 Å². The van der Waals surface area contributed by atoms with Gasteiger partial charge in [0.1, 0.15) is 0 Å². The fourth-order valence-electron chi connectivity index (χ4n) is 2.53. The van der Waals surface area contributed by atoms with E-state index < -0.39 is 5.92 Å². The lowest BCUT2D eigenvalue weighted by Gasteiger charge is -2.18. The third-order valence-electron chi connectivity index (χ3n) is 3.90. The lowest BCUT2D eigenvalue weighted by molar-refractivity contribution is -0.117. The highest BCUT2D eigenvalue weighted by Crippen LogP contribution is 2.22. The Morgan fingerprint density at radius 3 is 2.67 bits per heavy atom. The molecule has 0 aliphatic heterocycles. The van der Waals surface area contributed by atoms with Crippen LogP contribution >= 0.6 is 0 Å². The van der Waals surface area contributed by atoms with Gasteiger partial charge in [0.25, 0.3) is 0 Å². The van der Waals surface area contributed by atoms with Gasteiger partial charge in [-0.25, -0.2) is 0 Å². The van der Waals surface area contributed by atoms with Gasteiger partial charge in [0, 0.05) is 11.5 Å². The molecule has 0 fully saturated rings. The molecule has 122 valence electrons. The van der Waals surface area contributed by atoms with Crippen molar-refractivity contribution >= 4 is 11.6 Å². The molecule has 1 amide bonds. The van der Waals surface area contributed by atoms with E-state index in [-0.39, 0.29) is 5.91 Å². The Balaban J connectivity index is 1.85. The van der Waals surface area contributed by atoms with Crippen molar-refractivity contribution in [1.29, 1.82) is 0 Å². The minimum Gasteiger partial charge on any atom is -0.335 e. The number of hydrogen-bond donors (Lipinski definition) is 1. The fraction of sp³-hybridized carbons (Fsp3) is 0.222. The van der Waals surface area contributed by atoms with Crippen LogP contribution in [0.3, 0.4) is 0 Å². The minimum absolute atomic E-state index is 0.164. The molecule has 0 bridgehead atoms. The molecule has 3 rings (SSSR count). The summed E-state index contributed by atoms with van der Waals surface area (Å²) >= 11 is 0. The van der Waals surface area contributed by atoms with Crippen LogP contribution in [-0.4, -0.2) is 21.4 Å². The van der Waals surface area contributed by atoms with E-state index >= 15 is 0 Å². The fourth-order valence-corrected chi connectivity index (χ4v) is 2.53. The summed E-state index contributed by atoms with van der Waals surface area (Å²) in [6.07, 6.45) is 0.491. The number of anilines is 1. The lowest BCUT2D eigenvalue weighted by atomic mass is 9.97. The van der Waals surface area contributed by atoms with Crippen LogP contribution in [0.4, 0.5) is 5.69 Å². The molecule has 3 aromatic rings. The first-order chi connectivity index (χ1) is 11.6. The zero-order chi connectivity index (χ0) is 16.9. The predicted molar refractivity (Wildman–Crippen MR) is 90.6 cm³/mol. The van der Waals surface area contributed by atoms with E-state index in [1.807, 2.05) is 62.4 Å². The van der Waals surface area contributed by atoms with E-state index in [2.05, 4.69) is 25.9 Å². The first kappa shape index (κ1) is 15.9. The van der Waals surface area contributed by atoms with Crippen LogP contribution in [0.1, 0.15) is 28.4 Å². The van der Waals surface area contributed by atoms with Crippen molar-refractivity contribution in [2.24, 2.45) is 0 Å². The van der Waals surface area contributed by atoms with Gasteiger partial charge in [-0.3, -0.25) is 15.1 Å². The minimum atomic E-state index is -0.540. The van der Waals surface area contributed by atoms with Gasteiger partial charge < -0.3 is 10.4 Å². The molecule has 6 nitrogen and oxygen atoms in total. The standard InChI is InChI=1S/C18H19N5O/c1-12-8-9-13(2)16(10-12)19-18(24)15(17-20-22-23-21-17)11-14-6-4-3-5-7-14/h3-10,15H,11H2,1-2H3,(H2,19,20,21,22,23,24)/p-1/t15-/m0/s1. The average Bonchev–Trinajstić information content (AvgIpc) is 3.11. The second kappa shape index (κ2) is 7.04. The van der Waals surface area contributed by atoms with E-state index in [0.29, 0.717) is 12.2 Å². The molecule has 0 saturated carbocycles. The van der Waals surface area contributed by atoms with Gasteiger partial charge in [0.2, 0.25) is 5.91 Å². The van der Waals surface area contributed by atoms with Gasteiger partial charge >= 0.3 is 0 Å². The maximum absolute atomic E-state index is 12.8. The van der Waals surface area contributed by atoms with Gasteiger partial charge in [-0.2, -0.15) is 5.21 Å². The van der Waals surface area contributed by atoms with Crippen LogP contribution in [-0.2, 0) is 11.2 Å². The number of nitrogens with zero attached hydrogens (tertiary/aromatic N) is 4. The number of carbonyl (C=O) groups excluding carboxylic acids is 1. The molecule has 1 aromatic heterocycles. The molecule has 24 heavy (non-hydrogen) atoms. The first-order valence-corrected chi connectivity index (χ1v) is 7.74. The van der Waals surface area contributed by atoms with E-state index in [9.17, 15) is 4.79 Å². The number of aromatic nitrogens is 4. The Hall–Kier alpha value is -3.02. The van der Waals surface area contributed by atoms with Gasteiger partial charge in [0.15, 0.2) is 0 Å². The van der Waals surface area contributed by atoms with Crippen molar-refractivity contribution in [2.45, 2.75) is 26.2 Å². The molecular formula is C18H18N5O-. The van der Waals surface area contributed by atoms with Crippen LogP contribution in [0.5, 0.6) is 0 Å². The summed E-state index contributed by atoms with van der Waals surface area (Å²) in [5.41, 5.74) is 3.92.